The standard InChI is InChI=1S/C35H38N6OS/c1-24-9-13-27(14-10-24)41-33(31(22-37-41)35(2,3)4)39-34(42)38-32-16-15-28(29-7-5-6-8-30(29)32)25-11-12-26(36-21-25)23-40-17-19-43-20-18-40/h5-16,21-22H,17-20,23H2,1-4H3,(H2,38,39,42). The molecule has 2 N–H and O–H groups in total. The zero-order chi connectivity index (χ0) is 30.0. The van der Waals surface area contributed by atoms with Crippen LogP contribution in [0.15, 0.2) is 85.2 Å². The molecule has 7 nitrogen and oxygen atoms in total. The van der Waals surface area contributed by atoms with Crippen LogP contribution < -0.4 is 10.6 Å². The van der Waals surface area contributed by atoms with Crippen molar-refractivity contribution in [2.45, 2.75) is 39.7 Å². The van der Waals surface area contributed by atoms with Crippen LogP contribution in [0, 0.1) is 6.92 Å². The second-order valence-electron chi connectivity index (χ2n) is 12.1. The Morgan fingerprint density at radius 2 is 1.63 bits per heavy atom. The lowest BCUT2D eigenvalue weighted by atomic mass is 9.89. The van der Waals surface area contributed by atoms with Gasteiger partial charge in [0, 0.05) is 53.8 Å². The molecule has 0 atom stereocenters. The molecule has 2 aromatic heterocycles. The second-order valence-corrected chi connectivity index (χ2v) is 13.3. The predicted molar refractivity (Wildman–Crippen MR) is 179 cm³/mol. The fraction of sp³-hybridized carbons (Fsp3) is 0.286. The van der Waals surface area contributed by atoms with Crippen molar-refractivity contribution in [2.24, 2.45) is 0 Å². The van der Waals surface area contributed by atoms with Gasteiger partial charge < -0.3 is 5.32 Å². The van der Waals surface area contributed by atoms with Gasteiger partial charge in [0.1, 0.15) is 5.82 Å². The Labute approximate surface area is 257 Å². The molecule has 220 valence electrons. The molecule has 43 heavy (non-hydrogen) atoms. The van der Waals surface area contributed by atoms with Crippen molar-refractivity contribution in [1.82, 2.24) is 19.7 Å². The number of fused-ring (bicyclic) bond motifs is 1. The van der Waals surface area contributed by atoms with Crippen LogP contribution >= 0.6 is 11.8 Å². The van der Waals surface area contributed by atoms with Gasteiger partial charge in [-0.2, -0.15) is 16.9 Å². The first-order valence-corrected chi connectivity index (χ1v) is 15.9. The molecule has 8 heteroatoms. The van der Waals surface area contributed by atoms with Gasteiger partial charge in [-0.25, -0.2) is 9.48 Å². The molecule has 1 fully saturated rings. The van der Waals surface area contributed by atoms with Gasteiger partial charge in [0.15, 0.2) is 0 Å². The summed E-state index contributed by atoms with van der Waals surface area (Å²) in [5.74, 6) is 3.04. The average molecular weight is 591 g/mol. The Morgan fingerprint density at radius 1 is 0.884 bits per heavy atom. The van der Waals surface area contributed by atoms with Crippen LogP contribution in [0.4, 0.5) is 16.3 Å². The van der Waals surface area contributed by atoms with E-state index in [0.717, 1.165) is 69.7 Å². The van der Waals surface area contributed by atoms with Crippen LogP contribution in [-0.4, -0.2) is 50.3 Å². The number of amides is 2. The number of hydrogen-bond acceptors (Lipinski definition) is 5. The zero-order valence-electron chi connectivity index (χ0n) is 25.2. The van der Waals surface area contributed by atoms with Crippen molar-refractivity contribution in [2.75, 3.05) is 35.2 Å². The number of urea groups is 1. The zero-order valence-corrected chi connectivity index (χ0v) is 26.0. The van der Waals surface area contributed by atoms with Gasteiger partial charge in [0.25, 0.3) is 0 Å². The third-order valence-electron chi connectivity index (χ3n) is 7.89. The van der Waals surface area contributed by atoms with Crippen LogP contribution in [0.3, 0.4) is 0 Å². The first kappa shape index (κ1) is 29.0. The van der Waals surface area contributed by atoms with Gasteiger partial charge in [0.2, 0.25) is 0 Å². The van der Waals surface area contributed by atoms with Gasteiger partial charge in [0.05, 0.1) is 23.3 Å². The topological polar surface area (TPSA) is 75.1 Å². The first-order chi connectivity index (χ1) is 20.8. The molecular weight excluding hydrogens is 552 g/mol. The van der Waals surface area contributed by atoms with Gasteiger partial charge in [-0.05, 0) is 47.6 Å². The van der Waals surface area contributed by atoms with Crippen molar-refractivity contribution in [3.05, 3.63) is 102 Å². The molecule has 1 aliphatic heterocycles. The molecule has 3 heterocycles. The van der Waals surface area contributed by atoms with Crippen LogP contribution in [0.25, 0.3) is 27.6 Å². The summed E-state index contributed by atoms with van der Waals surface area (Å²) in [5, 5.41) is 12.9. The van der Waals surface area contributed by atoms with E-state index in [2.05, 4.69) is 72.6 Å². The maximum absolute atomic E-state index is 13.5. The summed E-state index contributed by atoms with van der Waals surface area (Å²) in [6, 6.07) is 24.3. The quantitative estimate of drug-likeness (QED) is 0.210. The Hall–Kier alpha value is -4.14. The summed E-state index contributed by atoms with van der Waals surface area (Å²) in [4.78, 5) is 20.8. The van der Waals surface area contributed by atoms with Crippen molar-refractivity contribution in [3.63, 3.8) is 0 Å². The second kappa shape index (κ2) is 12.2. The number of thioether (sulfide) groups is 1. The van der Waals surface area contributed by atoms with Crippen LogP contribution in [0.2, 0.25) is 0 Å². The van der Waals surface area contributed by atoms with E-state index in [9.17, 15) is 4.79 Å². The molecular formula is C35H38N6OS. The average Bonchev–Trinajstić information content (AvgIpc) is 3.43. The van der Waals surface area contributed by atoms with E-state index >= 15 is 0 Å². The van der Waals surface area contributed by atoms with E-state index in [-0.39, 0.29) is 11.4 Å². The van der Waals surface area contributed by atoms with Crippen LogP contribution in [0.1, 0.15) is 37.6 Å². The molecule has 0 saturated carbocycles. The number of anilines is 2. The lowest BCUT2D eigenvalue weighted by molar-refractivity contribution is 0.262. The predicted octanol–water partition coefficient (Wildman–Crippen LogP) is 7.89. The van der Waals surface area contributed by atoms with Crippen molar-refractivity contribution in [1.29, 1.82) is 0 Å². The van der Waals surface area contributed by atoms with Crippen molar-refractivity contribution in [3.8, 4) is 16.8 Å². The molecule has 6 rings (SSSR count). The fourth-order valence-corrected chi connectivity index (χ4v) is 6.46. The smallest absolute Gasteiger partial charge is 0.307 e. The summed E-state index contributed by atoms with van der Waals surface area (Å²) in [5.41, 5.74) is 6.77. The minimum atomic E-state index is -0.320. The molecule has 0 spiro atoms. The molecule has 1 aliphatic rings. The number of benzene rings is 3. The van der Waals surface area contributed by atoms with E-state index in [1.807, 2.05) is 72.7 Å². The highest BCUT2D eigenvalue weighted by Gasteiger charge is 2.25. The normalized spacial score (nSPS) is 14.1. The highest BCUT2D eigenvalue weighted by Crippen LogP contribution is 2.34. The lowest BCUT2D eigenvalue weighted by Crippen LogP contribution is -2.32. The molecule has 0 bridgehead atoms. The third kappa shape index (κ3) is 6.45. The molecule has 0 radical (unpaired) electrons. The summed E-state index contributed by atoms with van der Waals surface area (Å²) >= 11 is 2.02. The van der Waals surface area contributed by atoms with Gasteiger partial charge in [-0.15, -0.1) is 0 Å². The van der Waals surface area contributed by atoms with Crippen LogP contribution in [-0.2, 0) is 12.0 Å². The number of pyridine rings is 1. The molecule has 1 saturated heterocycles. The Balaban J connectivity index is 1.25. The number of rotatable bonds is 6. The summed E-state index contributed by atoms with van der Waals surface area (Å²) in [7, 11) is 0. The third-order valence-corrected chi connectivity index (χ3v) is 8.83. The number of nitrogens with zero attached hydrogens (tertiary/aromatic N) is 4. The summed E-state index contributed by atoms with van der Waals surface area (Å²) in [6.07, 6.45) is 3.81. The fourth-order valence-electron chi connectivity index (χ4n) is 5.49. The Morgan fingerprint density at radius 3 is 2.33 bits per heavy atom. The number of hydrogen-bond donors (Lipinski definition) is 2. The number of carbonyl (C=O) groups is 1. The molecule has 3 aromatic carbocycles. The molecule has 2 amide bonds. The minimum absolute atomic E-state index is 0.212. The van der Waals surface area contributed by atoms with E-state index in [4.69, 9.17) is 4.98 Å². The summed E-state index contributed by atoms with van der Waals surface area (Å²) in [6.45, 7) is 11.5. The van der Waals surface area contributed by atoms with E-state index in [1.54, 1.807) is 4.68 Å². The SMILES string of the molecule is Cc1ccc(-n2ncc(C(C)(C)C)c2NC(=O)Nc2ccc(-c3ccc(CN4CCSCC4)nc3)c3ccccc23)cc1. The summed E-state index contributed by atoms with van der Waals surface area (Å²) < 4.78 is 1.79. The maximum Gasteiger partial charge on any atom is 0.324 e. The number of carbonyl (C=O) groups excluding carboxylic acids is 1. The van der Waals surface area contributed by atoms with Gasteiger partial charge in [-0.1, -0.05) is 74.9 Å². The highest BCUT2D eigenvalue weighted by molar-refractivity contribution is 7.99. The molecule has 5 aromatic rings. The largest absolute Gasteiger partial charge is 0.324 e. The lowest BCUT2D eigenvalue weighted by Gasteiger charge is -2.25. The van der Waals surface area contributed by atoms with Crippen LogP contribution in [0.5, 0.6) is 0 Å². The van der Waals surface area contributed by atoms with E-state index in [0.29, 0.717) is 5.82 Å². The first-order valence-electron chi connectivity index (χ1n) is 14.8. The monoisotopic (exact) mass is 590 g/mol. The Bertz CT molecular complexity index is 1730. The van der Waals surface area contributed by atoms with Gasteiger partial charge in [-0.3, -0.25) is 15.2 Å². The van der Waals surface area contributed by atoms with Crippen molar-refractivity contribution >= 4 is 40.1 Å². The van der Waals surface area contributed by atoms with Gasteiger partial charge >= 0.3 is 6.03 Å². The van der Waals surface area contributed by atoms with E-state index < -0.39 is 0 Å². The molecule has 0 unspecified atom stereocenters. The van der Waals surface area contributed by atoms with Crippen molar-refractivity contribution < 1.29 is 4.79 Å². The number of aryl methyl sites for hydroxylation is 1. The highest BCUT2D eigenvalue weighted by atomic mass is 32.2. The Kier molecular flexibility index (Phi) is 8.23. The molecule has 0 aliphatic carbocycles. The number of aromatic nitrogens is 3. The maximum atomic E-state index is 13.5. The van der Waals surface area contributed by atoms with E-state index in [1.165, 1.54) is 11.5 Å². The number of nitrogens with one attached hydrogen (secondary N) is 2. The minimum Gasteiger partial charge on any atom is -0.307 e.